The second-order valence-electron chi connectivity index (χ2n) is 3.44. The molecule has 0 aromatic heterocycles. The van der Waals surface area contributed by atoms with Gasteiger partial charge >= 0.3 is 0 Å². The lowest BCUT2D eigenvalue weighted by Crippen LogP contribution is -2.25. The van der Waals surface area contributed by atoms with Gasteiger partial charge in [0.25, 0.3) is 0 Å². The summed E-state index contributed by atoms with van der Waals surface area (Å²) in [5.74, 6) is -0.367. The fourth-order valence-electron chi connectivity index (χ4n) is 1.65. The second kappa shape index (κ2) is 4.06. The molecule has 0 unspecified atom stereocenters. The minimum atomic E-state index is -0.250. The van der Waals surface area contributed by atoms with Gasteiger partial charge in [-0.25, -0.2) is 0 Å². The Balaban J connectivity index is 2.49. The summed E-state index contributed by atoms with van der Waals surface area (Å²) in [6.45, 7) is 0.0595. The number of benzene rings is 1. The number of carbonyl (C=O) groups excluding carboxylic acids is 2. The maximum Gasteiger partial charge on any atom is 0.234 e. The Kier molecular flexibility index (Phi) is 2.75. The lowest BCUT2D eigenvalue weighted by molar-refractivity contribution is -0.121. The molecule has 0 aliphatic carbocycles. The summed E-state index contributed by atoms with van der Waals surface area (Å²) in [5.41, 5.74) is 0.873. The molecule has 1 aliphatic rings. The molecule has 1 heterocycles. The fraction of sp³-hybridized carbons (Fsp3) is 0.182. The maximum absolute atomic E-state index is 11.5. The van der Waals surface area contributed by atoms with Crippen molar-refractivity contribution < 1.29 is 9.59 Å². The monoisotopic (exact) mass is 278 g/mol. The predicted octanol–water partition coefficient (Wildman–Crippen LogP) is 1.63. The summed E-state index contributed by atoms with van der Waals surface area (Å²) in [5, 5.41) is 9.01. The van der Waals surface area contributed by atoms with Gasteiger partial charge in [-0.3, -0.25) is 9.59 Å². The van der Waals surface area contributed by atoms with Gasteiger partial charge in [0, 0.05) is 4.47 Å². The molecular formula is C11H7BrN2O2. The van der Waals surface area contributed by atoms with Crippen LogP contribution >= 0.6 is 15.9 Å². The zero-order chi connectivity index (χ0) is 11.7. The van der Waals surface area contributed by atoms with E-state index in [0.717, 1.165) is 0 Å². The molecular weight excluding hydrogens is 272 g/mol. The van der Waals surface area contributed by atoms with E-state index in [-0.39, 0.29) is 24.7 Å². The number of anilines is 1. The normalized spacial score (nSPS) is 15.4. The fourth-order valence-corrected chi connectivity index (χ4v) is 2.10. The van der Waals surface area contributed by atoms with E-state index in [1.807, 2.05) is 6.07 Å². The van der Waals surface area contributed by atoms with Crippen LogP contribution in [0.2, 0.25) is 0 Å². The van der Waals surface area contributed by atoms with Crippen molar-refractivity contribution in [3.8, 4) is 6.07 Å². The van der Waals surface area contributed by atoms with Crippen molar-refractivity contribution in [1.29, 1.82) is 5.26 Å². The Hall–Kier alpha value is -1.67. The highest BCUT2D eigenvalue weighted by atomic mass is 79.9. The molecule has 1 fully saturated rings. The van der Waals surface area contributed by atoms with Crippen molar-refractivity contribution >= 4 is 33.3 Å². The van der Waals surface area contributed by atoms with Crippen LogP contribution in [0, 0.1) is 11.3 Å². The van der Waals surface area contributed by atoms with Gasteiger partial charge in [-0.1, -0.05) is 6.07 Å². The van der Waals surface area contributed by atoms with E-state index >= 15 is 0 Å². The van der Waals surface area contributed by atoms with E-state index in [4.69, 9.17) is 5.26 Å². The molecule has 1 aromatic carbocycles. The molecule has 0 N–H and O–H groups in total. The largest absolute Gasteiger partial charge is 0.303 e. The number of hydrogen-bond acceptors (Lipinski definition) is 3. The van der Waals surface area contributed by atoms with Crippen molar-refractivity contribution in [2.24, 2.45) is 0 Å². The molecule has 2 rings (SSSR count). The molecule has 80 valence electrons. The van der Waals surface area contributed by atoms with Crippen molar-refractivity contribution in [2.75, 3.05) is 11.4 Å². The van der Waals surface area contributed by atoms with E-state index in [1.165, 1.54) is 4.90 Å². The van der Waals surface area contributed by atoms with Gasteiger partial charge in [0.15, 0.2) is 5.78 Å². The van der Waals surface area contributed by atoms with Gasteiger partial charge in [-0.05, 0) is 28.1 Å². The topological polar surface area (TPSA) is 61.2 Å². The van der Waals surface area contributed by atoms with Crippen LogP contribution in [0.15, 0.2) is 22.7 Å². The zero-order valence-corrected chi connectivity index (χ0v) is 9.82. The minimum Gasteiger partial charge on any atom is -0.303 e. The number of nitrogens with zero attached hydrogens (tertiary/aromatic N) is 2. The molecule has 4 nitrogen and oxygen atoms in total. The highest BCUT2D eigenvalue weighted by Crippen LogP contribution is 2.29. The molecule has 0 saturated carbocycles. The number of ketones is 1. The standard InChI is InChI=1S/C11H7BrN2O2/c12-9-2-1-3-10(8(9)5-13)14-6-7(15)4-11(14)16/h1-3H,4,6H2. The molecule has 0 bridgehead atoms. The molecule has 0 spiro atoms. The van der Waals surface area contributed by atoms with Gasteiger partial charge in [0.1, 0.15) is 6.07 Å². The van der Waals surface area contributed by atoms with Crippen molar-refractivity contribution in [2.45, 2.75) is 6.42 Å². The van der Waals surface area contributed by atoms with Crippen LogP contribution in [0.4, 0.5) is 5.69 Å². The number of nitriles is 1. The number of rotatable bonds is 1. The molecule has 0 radical (unpaired) electrons. The smallest absolute Gasteiger partial charge is 0.234 e. The van der Waals surface area contributed by atoms with Crippen molar-refractivity contribution in [3.63, 3.8) is 0 Å². The molecule has 1 saturated heterocycles. The average molecular weight is 279 g/mol. The number of halogens is 1. The van der Waals surface area contributed by atoms with Gasteiger partial charge < -0.3 is 4.90 Å². The lowest BCUT2D eigenvalue weighted by atomic mass is 10.2. The molecule has 1 aromatic rings. The van der Waals surface area contributed by atoms with Crippen LogP contribution in [0.3, 0.4) is 0 Å². The van der Waals surface area contributed by atoms with Crippen molar-refractivity contribution in [3.05, 3.63) is 28.2 Å². The quantitative estimate of drug-likeness (QED) is 0.734. The van der Waals surface area contributed by atoms with Crippen LogP contribution < -0.4 is 4.90 Å². The van der Waals surface area contributed by atoms with Crippen LogP contribution in [-0.4, -0.2) is 18.2 Å². The number of hydrogen-bond donors (Lipinski definition) is 0. The van der Waals surface area contributed by atoms with Crippen LogP contribution in [0.5, 0.6) is 0 Å². The summed E-state index contributed by atoms with van der Waals surface area (Å²) in [6, 6.07) is 7.15. The average Bonchev–Trinajstić information content (AvgIpc) is 2.57. The van der Waals surface area contributed by atoms with E-state index in [9.17, 15) is 9.59 Å². The van der Waals surface area contributed by atoms with E-state index in [1.54, 1.807) is 18.2 Å². The Bertz CT molecular complexity index is 519. The lowest BCUT2D eigenvalue weighted by Gasteiger charge is -2.16. The summed E-state index contributed by atoms with van der Waals surface area (Å²) in [6.07, 6.45) is -0.0720. The number of amides is 1. The van der Waals surface area contributed by atoms with Crippen LogP contribution in [0.1, 0.15) is 12.0 Å². The summed E-state index contributed by atoms with van der Waals surface area (Å²) < 4.78 is 0.625. The predicted molar refractivity (Wildman–Crippen MR) is 60.8 cm³/mol. The molecule has 1 aliphatic heterocycles. The first-order valence-corrected chi connectivity index (χ1v) is 5.43. The Morgan fingerprint density at radius 3 is 2.69 bits per heavy atom. The van der Waals surface area contributed by atoms with E-state index in [0.29, 0.717) is 15.7 Å². The highest BCUT2D eigenvalue weighted by Gasteiger charge is 2.30. The molecule has 16 heavy (non-hydrogen) atoms. The van der Waals surface area contributed by atoms with Gasteiger partial charge in [-0.2, -0.15) is 5.26 Å². The van der Waals surface area contributed by atoms with Crippen LogP contribution in [0.25, 0.3) is 0 Å². The number of carbonyl (C=O) groups is 2. The summed E-state index contributed by atoms with van der Waals surface area (Å²) in [4.78, 5) is 24.1. The Labute approximate surface area is 101 Å². The van der Waals surface area contributed by atoms with Gasteiger partial charge in [0.2, 0.25) is 5.91 Å². The van der Waals surface area contributed by atoms with E-state index < -0.39 is 0 Å². The minimum absolute atomic E-state index is 0.0595. The van der Waals surface area contributed by atoms with E-state index in [2.05, 4.69) is 15.9 Å². The zero-order valence-electron chi connectivity index (χ0n) is 8.24. The third-order valence-electron chi connectivity index (χ3n) is 2.38. The number of Topliss-reactive ketones (excluding diaryl/α,β-unsaturated/α-hetero) is 1. The highest BCUT2D eigenvalue weighted by molar-refractivity contribution is 9.10. The summed E-state index contributed by atoms with van der Waals surface area (Å²) >= 11 is 3.24. The van der Waals surface area contributed by atoms with Crippen LogP contribution in [-0.2, 0) is 9.59 Å². The molecule has 1 amide bonds. The van der Waals surface area contributed by atoms with Gasteiger partial charge in [0.05, 0.1) is 24.2 Å². The SMILES string of the molecule is N#Cc1c(Br)cccc1N1CC(=O)CC1=O. The molecule has 5 heteroatoms. The Morgan fingerprint density at radius 1 is 1.38 bits per heavy atom. The first-order valence-electron chi connectivity index (χ1n) is 4.64. The maximum atomic E-state index is 11.5. The molecule has 0 atom stereocenters. The third-order valence-corrected chi connectivity index (χ3v) is 3.04. The second-order valence-corrected chi connectivity index (χ2v) is 4.30. The van der Waals surface area contributed by atoms with Crippen molar-refractivity contribution in [1.82, 2.24) is 0 Å². The first kappa shape index (κ1) is 10.8. The third kappa shape index (κ3) is 1.72. The summed E-state index contributed by atoms with van der Waals surface area (Å²) in [7, 11) is 0. The first-order chi connectivity index (χ1) is 7.63. The Morgan fingerprint density at radius 2 is 2.12 bits per heavy atom. The van der Waals surface area contributed by atoms with Gasteiger partial charge in [-0.15, -0.1) is 0 Å².